The van der Waals surface area contributed by atoms with E-state index in [0.717, 1.165) is 27.3 Å². The van der Waals surface area contributed by atoms with Gasteiger partial charge in [0.1, 0.15) is 6.04 Å². The number of carbonyl (C=O) groups excluding carboxylic acids is 3. The number of rotatable bonds is 8. The zero-order chi connectivity index (χ0) is 27.8. The number of Topliss-reactive ketones (excluding diaryl/α,β-unsaturated/α-hetero) is 1. The molecule has 2 aliphatic rings. The Bertz CT molecular complexity index is 1380. The van der Waals surface area contributed by atoms with Crippen molar-refractivity contribution in [3.8, 4) is 10.4 Å². The Morgan fingerprint density at radius 1 is 1.10 bits per heavy atom. The lowest BCUT2D eigenvalue weighted by atomic mass is 9.91. The Labute approximate surface area is 233 Å². The fourth-order valence-corrected chi connectivity index (χ4v) is 6.72. The van der Waals surface area contributed by atoms with Crippen molar-refractivity contribution < 1.29 is 19.5 Å². The van der Waals surface area contributed by atoms with Crippen molar-refractivity contribution in [1.82, 2.24) is 14.8 Å². The van der Waals surface area contributed by atoms with Crippen molar-refractivity contribution in [2.24, 2.45) is 5.92 Å². The number of likely N-dealkylation sites (tertiary alicyclic amines) is 1. The lowest BCUT2D eigenvalue weighted by Crippen LogP contribution is -2.54. The second kappa shape index (κ2) is 11.0. The minimum atomic E-state index is -0.764. The average molecular weight is 546 g/mol. The van der Waals surface area contributed by atoms with Crippen molar-refractivity contribution in [2.45, 2.75) is 71.2 Å². The second-order valence-electron chi connectivity index (χ2n) is 11.1. The van der Waals surface area contributed by atoms with Crippen LogP contribution < -0.4 is 0 Å². The quantitative estimate of drug-likeness (QED) is 0.438. The molecule has 1 fully saturated rings. The number of fused-ring (bicyclic) bond motifs is 1. The van der Waals surface area contributed by atoms with Gasteiger partial charge in [-0.3, -0.25) is 14.4 Å². The Morgan fingerprint density at radius 3 is 2.46 bits per heavy atom. The molecule has 0 spiro atoms. The molecule has 1 N–H and O–H groups in total. The Kier molecular flexibility index (Phi) is 7.69. The number of aliphatic hydroxyl groups is 1. The molecule has 0 saturated carbocycles. The molecule has 39 heavy (non-hydrogen) atoms. The minimum absolute atomic E-state index is 0.0423. The first-order chi connectivity index (χ1) is 18.7. The van der Waals surface area contributed by atoms with Gasteiger partial charge in [0.05, 0.1) is 28.2 Å². The molecule has 7 nitrogen and oxygen atoms in total. The molecule has 0 aliphatic carbocycles. The summed E-state index contributed by atoms with van der Waals surface area (Å²) in [6.45, 7) is 8.31. The predicted molar refractivity (Wildman–Crippen MR) is 151 cm³/mol. The number of carbonyl (C=O) groups is 3. The third-order valence-electron chi connectivity index (χ3n) is 8.00. The monoisotopic (exact) mass is 545 g/mol. The number of hydrogen-bond donors (Lipinski definition) is 1. The van der Waals surface area contributed by atoms with Gasteiger partial charge in [-0.1, -0.05) is 63.2 Å². The van der Waals surface area contributed by atoms with Gasteiger partial charge in [-0.15, -0.1) is 11.3 Å². The number of hydrogen-bond acceptors (Lipinski definition) is 6. The summed E-state index contributed by atoms with van der Waals surface area (Å²) in [6, 6.07) is 14.2. The molecule has 4 atom stereocenters. The van der Waals surface area contributed by atoms with Gasteiger partial charge in [-0.05, 0) is 41.5 Å². The molecule has 8 heteroatoms. The fourth-order valence-electron chi connectivity index (χ4n) is 5.91. The van der Waals surface area contributed by atoms with Gasteiger partial charge >= 0.3 is 0 Å². The van der Waals surface area contributed by atoms with E-state index in [1.54, 1.807) is 22.3 Å². The van der Waals surface area contributed by atoms with Crippen LogP contribution in [0, 0.1) is 12.8 Å². The Balaban J connectivity index is 1.30. The molecule has 0 radical (unpaired) electrons. The highest BCUT2D eigenvalue weighted by Gasteiger charge is 2.45. The van der Waals surface area contributed by atoms with Crippen LogP contribution >= 0.6 is 11.3 Å². The summed E-state index contributed by atoms with van der Waals surface area (Å²) in [5.74, 6) is -0.680. The predicted octanol–water partition coefficient (Wildman–Crippen LogP) is 4.82. The third-order valence-corrected chi connectivity index (χ3v) is 8.98. The first kappa shape index (κ1) is 27.2. The average Bonchev–Trinajstić information content (AvgIpc) is 3.61. The maximum atomic E-state index is 13.9. The van der Waals surface area contributed by atoms with Crippen molar-refractivity contribution >= 4 is 28.9 Å². The molecule has 2 aromatic carbocycles. The van der Waals surface area contributed by atoms with E-state index in [2.05, 4.69) is 17.1 Å². The van der Waals surface area contributed by atoms with E-state index >= 15 is 0 Å². The zero-order valence-electron chi connectivity index (χ0n) is 22.8. The number of thiazole rings is 1. The van der Waals surface area contributed by atoms with E-state index in [-0.39, 0.29) is 48.8 Å². The van der Waals surface area contributed by atoms with Crippen LogP contribution in [0.5, 0.6) is 0 Å². The Morgan fingerprint density at radius 2 is 1.82 bits per heavy atom. The summed E-state index contributed by atoms with van der Waals surface area (Å²) in [6.07, 6.45) is -0.278. The lowest BCUT2D eigenvalue weighted by Gasteiger charge is -2.35. The van der Waals surface area contributed by atoms with Crippen LogP contribution in [-0.2, 0) is 16.1 Å². The van der Waals surface area contributed by atoms with E-state index in [9.17, 15) is 19.5 Å². The molecule has 3 heterocycles. The molecule has 2 amide bonds. The van der Waals surface area contributed by atoms with E-state index in [4.69, 9.17) is 0 Å². The number of ketones is 1. The van der Waals surface area contributed by atoms with Crippen LogP contribution in [-0.4, -0.2) is 62.2 Å². The molecule has 1 saturated heterocycles. The van der Waals surface area contributed by atoms with Crippen LogP contribution in [0.25, 0.3) is 10.4 Å². The number of nitrogens with zero attached hydrogens (tertiary/aromatic N) is 3. The normalized spacial score (nSPS) is 20.4. The third kappa shape index (κ3) is 5.28. The van der Waals surface area contributed by atoms with Crippen molar-refractivity contribution in [2.75, 3.05) is 6.54 Å². The molecule has 204 valence electrons. The molecular weight excluding hydrogens is 510 g/mol. The molecule has 1 aromatic heterocycles. The first-order valence-electron chi connectivity index (χ1n) is 13.6. The second-order valence-corrected chi connectivity index (χ2v) is 12.0. The molecule has 3 aromatic rings. The number of benzene rings is 2. The highest BCUT2D eigenvalue weighted by molar-refractivity contribution is 7.13. The van der Waals surface area contributed by atoms with Crippen LogP contribution in [0.3, 0.4) is 0 Å². The van der Waals surface area contributed by atoms with Gasteiger partial charge in [0.15, 0.2) is 5.78 Å². The molecule has 0 bridgehead atoms. The van der Waals surface area contributed by atoms with Crippen molar-refractivity contribution in [3.05, 3.63) is 76.4 Å². The highest BCUT2D eigenvalue weighted by atomic mass is 32.1. The van der Waals surface area contributed by atoms with Crippen molar-refractivity contribution in [3.63, 3.8) is 0 Å². The van der Waals surface area contributed by atoms with Crippen LogP contribution in [0.15, 0.2) is 54.0 Å². The summed E-state index contributed by atoms with van der Waals surface area (Å²) in [5, 5.41) is 10.5. The van der Waals surface area contributed by atoms with Gasteiger partial charge in [0, 0.05) is 31.5 Å². The summed E-state index contributed by atoms with van der Waals surface area (Å²) in [7, 11) is 0. The Hall–Kier alpha value is -3.36. The zero-order valence-corrected chi connectivity index (χ0v) is 23.6. The summed E-state index contributed by atoms with van der Waals surface area (Å²) >= 11 is 1.61. The van der Waals surface area contributed by atoms with E-state index in [0.29, 0.717) is 12.1 Å². The molecule has 2 aliphatic heterocycles. The van der Waals surface area contributed by atoms with Crippen LogP contribution in [0.2, 0.25) is 0 Å². The van der Waals surface area contributed by atoms with E-state index in [1.165, 1.54) is 4.90 Å². The largest absolute Gasteiger partial charge is 0.391 e. The standard InChI is InChI=1S/C31H35N3O4S/c1-18(2)28(34-15-23-7-5-6-8-25(23)30(34)37)31(38)33-16-24(35)14-26(33)27(36)13-19(3)21-9-11-22(12-10-21)29-20(4)32-17-39-29/h5-12,17-19,24,26,28,35H,13-16H2,1-4H3/t19-,24-,26+,28+/m1/s1. The maximum absolute atomic E-state index is 13.9. The summed E-state index contributed by atoms with van der Waals surface area (Å²) < 4.78 is 0. The minimum Gasteiger partial charge on any atom is -0.391 e. The van der Waals surface area contributed by atoms with E-state index in [1.807, 2.05) is 63.5 Å². The van der Waals surface area contributed by atoms with Crippen molar-refractivity contribution in [1.29, 1.82) is 0 Å². The van der Waals surface area contributed by atoms with Crippen LogP contribution in [0.1, 0.15) is 66.7 Å². The lowest BCUT2D eigenvalue weighted by molar-refractivity contribution is -0.143. The smallest absolute Gasteiger partial charge is 0.255 e. The van der Waals surface area contributed by atoms with Crippen LogP contribution in [0.4, 0.5) is 0 Å². The highest BCUT2D eigenvalue weighted by Crippen LogP contribution is 2.33. The van der Waals surface area contributed by atoms with Gasteiger partial charge in [-0.25, -0.2) is 4.98 Å². The van der Waals surface area contributed by atoms with Gasteiger partial charge in [0.25, 0.3) is 5.91 Å². The number of aliphatic hydroxyl groups excluding tert-OH is 1. The number of aryl methyl sites for hydroxylation is 1. The first-order valence-corrected chi connectivity index (χ1v) is 14.4. The van der Waals surface area contributed by atoms with E-state index < -0.39 is 18.2 Å². The number of aromatic nitrogens is 1. The maximum Gasteiger partial charge on any atom is 0.255 e. The SMILES string of the molecule is Cc1ncsc1-c1ccc([C@H](C)CC(=O)[C@@H]2C[C@@H](O)CN2C(=O)[C@H](C(C)C)N2Cc3ccccc3C2=O)cc1. The van der Waals surface area contributed by atoms with Gasteiger partial charge < -0.3 is 14.9 Å². The number of β-amino-alcohol motifs (C(OH)–C–C–N with tert-alkyl or cyclic N) is 1. The molecule has 0 unspecified atom stereocenters. The van der Waals surface area contributed by atoms with Gasteiger partial charge in [-0.2, -0.15) is 0 Å². The molecule has 5 rings (SSSR count). The van der Waals surface area contributed by atoms with Gasteiger partial charge in [0.2, 0.25) is 5.91 Å². The fraction of sp³-hybridized carbons (Fsp3) is 0.419. The number of amides is 2. The summed E-state index contributed by atoms with van der Waals surface area (Å²) in [4.78, 5) is 49.3. The topological polar surface area (TPSA) is 90.8 Å². The summed E-state index contributed by atoms with van der Waals surface area (Å²) in [5.41, 5.74) is 6.51. The molecular formula is C31H35N3O4S.